The highest BCUT2D eigenvalue weighted by Crippen LogP contribution is 2.63. The van der Waals surface area contributed by atoms with Crippen LogP contribution in [0.3, 0.4) is 0 Å². The Morgan fingerprint density at radius 1 is 0.421 bits per heavy atom. The zero-order valence-electron chi connectivity index (χ0n) is 30.6. The molecule has 0 fully saturated rings. The van der Waals surface area contributed by atoms with Crippen molar-refractivity contribution in [1.29, 1.82) is 0 Å². The summed E-state index contributed by atoms with van der Waals surface area (Å²) in [5.74, 6) is 0.853. The van der Waals surface area contributed by atoms with E-state index in [9.17, 15) is 0 Å². The van der Waals surface area contributed by atoms with Gasteiger partial charge in [-0.2, -0.15) is 0 Å². The lowest BCUT2D eigenvalue weighted by molar-refractivity contribution is 0.668. The third-order valence-corrected chi connectivity index (χ3v) is 12.5. The van der Waals surface area contributed by atoms with Gasteiger partial charge in [0.25, 0.3) is 0 Å². The van der Waals surface area contributed by atoms with Crippen LogP contribution >= 0.6 is 0 Å². The van der Waals surface area contributed by atoms with Crippen molar-refractivity contribution in [2.24, 2.45) is 0 Å². The zero-order chi connectivity index (χ0) is 37.2. The van der Waals surface area contributed by atoms with Crippen molar-refractivity contribution in [3.05, 3.63) is 211 Å². The largest absolute Gasteiger partial charge is 0.456 e. The Morgan fingerprint density at radius 2 is 1.09 bits per heavy atom. The van der Waals surface area contributed by atoms with Crippen molar-refractivity contribution in [2.75, 3.05) is 0 Å². The van der Waals surface area contributed by atoms with Gasteiger partial charge in [-0.05, 0) is 121 Å². The Labute approximate surface area is 328 Å². The second-order valence-electron chi connectivity index (χ2n) is 15.2. The fraction of sp³-hybridized carbons (Fsp3) is 0.0189. The summed E-state index contributed by atoms with van der Waals surface area (Å²) in [4.78, 5) is 9.57. The average molecular weight is 726 g/mol. The maximum absolute atomic E-state index is 6.55. The standard InChI is InChI=1S/C53H31N3O/c1-2-13-35-34(12-1)36-14-3-6-18-42(36)53(43-19-7-4-15-39(43)50-44(53)25-27-48-51(50)40-16-5-8-20-47(40)57-48)45-31-33(22-24-37(35)45)32-23-26-46-41(30-32)38-17-11-29-55-52(38)56(46)49-21-9-10-28-54-49/h1-31H. The molecule has 4 aromatic heterocycles. The molecule has 4 heteroatoms. The zero-order valence-corrected chi connectivity index (χ0v) is 30.6. The van der Waals surface area contributed by atoms with Crippen molar-refractivity contribution in [3.8, 4) is 50.3 Å². The summed E-state index contributed by atoms with van der Waals surface area (Å²) in [6.45, 7) is 0. The highest BCUT2D eigenvalue weighted by atomic mass is 16.3. The fourth-order valence-corrected chi connectivity index (χ4v) is 10.3. The molecule has 1 spiro atoms. The van der Waals surface area contributed by atoms with Crippen LogP contribution in [0.1, 0.15) is 22.3 Å². The SMILES string of the molecule is c1ccc(-n2c3ccc(-c4ccc5c(c4)C4(c6ccccc6-c6ccccc6-5)c5ccccc5-c5c4ccc4oc6ccccc6c54)cc3c3cccnc32)nc1. The van der Waals surface area contributed by atoms with Crippen LogP contribution in [0.4, 0.5) is 0 Å². The second-order valence-corrected chi connectivity index (χ2v) is 15.2. The van der Waals surface area contributed by atoms with E-state index in [0.29, 0.717) is 0 Å². The molecule has 1 unspecified atom stereocenters. The minimum Gasteiger partial charge on any atom is -0.456 e. The molecule has 2 aliphatic carbocycles. The van der Waals surface area contributed by atoms with Gasteiger partial charge in [0.1, 0.15) is 22.6 Å². The number of hydrogen-bond donors (Lipinski definition) is 0. The number of para-hydroxylation sites is 1. The van der Waals surface area contributed by atoms with Crippen LogP contribution in [0.2, 0.25) is 0 Å². The van der Waals surface area contributed by atoms with Crippen molar-refractivity contribution in [2.45, 2.75) is 5.41 Å². The lowest BCUT2D eigenvalue weighted by Gasteiger charge is -2.35. The van der Waals surface area contributed by atoms with Crippen LogP contribution < -0.4 is 0 Å². The van der Waals surface area contributed by atoms with Gasteiger partial charge in [-0.1, -0.05) is 121 Å². The summed E-state index contributed by atoms with van der Waals surface area (Å²) in [7, 11) is 0. The number of benzene rings is 7. The maximum Gasteiger partial charge on any atom is 0.146 e. The monoisotopic (exact) mass is 725 g/mol. The number of hydrogen-bond acceptors (Lipinski definition) is 3. The molecule has 264 valence electrons. The van der Waals surface area contributed by atoms with Crippen LogP contribution in [0, 0.1) is 0 Å². The summed E-state index contributed by atoms with van der Waals surface area (Å²) in [6, 6.07) is 64.3. The molecule has 57 heavy (non-hydrogen) atoms. The van der Waals surface area contributed by atoms with E-state index in [1.165, 1.54) is 61.0 Å². The maximum atomic E-state index is 6.55. The van der Waals surface area contributed by atoms with Gasteiger partial charge >= 0.3 is 0 Å². The second kappa shape index (κ2) is 11.2. The van der Waals surface area contributed by atoms with Crippen LogP contribution in [0.5, 0.6) is 0 Å². The molecule has 0 amide bonds. The average Bonchev–Trinajstić information content (AvgIpc) is 3.90. The van der Waals surface area contributed by atoms with E-state index in [4.69, 9.17) is 14.4 Å². The minimum atomic E-state index is -0.623. The van der Waals surface area contributed by atoms with Crippen molar-refractivity contribution in [3.63, 3.8) is 0 Å². The van der Waals surface area contributed by atoms with Crippen LogP contribution in [0.25, 0.3) is 94.2 Å². The summed E-state index contributed by atoms with van der Waals surface area (Å²) in [5, 5.41) is 4.56. The topological polar surface area (TPSA) is 43.9 Å². The number of aromatic nitrogens is 3. The molecule has 4 heterocycles. The first-order valence-corrected chi connectivity index (χ1v) is 19.5. The van der Waals surface area contributed by atoms with Gasteiger partial charge in [-0.25, -0.2) is 9.97 Å². The minimum absolute atomic E-state index is 0.623. The van der Waals surface area contributed by atoms with E-state index >= 15 is 0 Å². The van der Waals surface area contributed by atoms with Gasteiger partial charge in [0.05, 0.1) is 10.9 Å². The van der Waals surface area contributed by atoms with Gasteiger partial charge in [0.15, 0.2) is 0 Å². The molecule has 11 aromatic rings. The molecule has 1 atom stereocenters. The summed E-state index contributed by atoms with van der Waals surface area (Å²) in [6.07, 6.45) is 3.70. The van der Waals surface area contributed by atoms with Gasteiger partial charge in [-0.3, -0.25) is 4.57 Å². The molecule has 4 nitrogen and oxygen atoms in total. The first kappa shape index (κ1) is 30.7. The molecular formula is C53H31N3O. The lowest BCUT2D eigenvalue weighted by atomic mass is 9.65. The normalized spacial score (nSPS) is 15.1. The Balaban J connectivity index is 1.15. The Hall–Kier alpha value is -7.56. The summed E-state index contributed by atoms with van der Waals surface area (Å²) in [5.41, 5.74) is 18.1. The molecule has 13 rings (SSSR count). The first-order chi connectivity index (χ1) is 28.3. The lowest BCUT2D eigenvalue weighted by Crippen LogP contribution is -2.29. The Kier molecular flexibility index (Phi) is 6.07. The van der Waals surface area contributed by atoms with Gasteiger partial charge in [0, 0.05) is 33.9 Å². The van der Waals surface area contributed by atoms with Crippen molar-refractivity contribution < 1.29 is 4.42 Å². The van der Waals surface area contributed by atoms with Crippen LogP contribution in [0.15, 0.2) is 193 Å². The summed E-state index contributed by atoms with van der Waals surface area (Å²) >= 11 is 0. The molecule has 2 aliphatic rings. The van der Waals surface area contributed by atoms with E-state index in [1.54, 1.807) is 0 Å². The van der Waals surface area contributed by atoms with Crippen LogP contribution in [-0.4, -0.2) is 14.5 Å². The smallest absolute Gasteiger partial charge is 0.146 e. The first-order valence-electron chi connectivity index (χ1n) is 19.5. The van der Waals surface area contributed by atoms with Gasteiger partial charge in [-0.15, -0.1) is 0 Å². The van der Waals surface area contributed by atoms with E-state index < -0.39 is 5.41 Å². The predicted octanol–water partition coefficient (Wildman–Crippen LogP) is 13.2. The number of furan rings is 1. The van der Waals surface area contributed by atoms with Crippen molar-refractivity contribution >= 4 is 43.9 Å². The highest BCUT2D eigenvalue weighted by Gasteiger charge is 2.50. The molecule has 0 bridgehead atoms. The van der Waals surface area contributed by atoms with E-state index in [1.807, 2.05) is 36.7 Å². The molecule has 0 N–H and O–H groups in total. The molecule has 0 aliphatic heterocycles. The van der Waals surface area contributed by atoms with E-state index in [-0.39, 0.29) is 0 Å². The van der Waals surface area contributed by atoms with Crippen molar-refractivity contribution in [1.82, 2.24) is 14.5 Å². The quantitative estimate of drug-likeness (QED) is 0.178. The number of pyridine rings is 2. The fourth-order valence-electron chi connectivity index (χ4n) is 10.3. The third-order valence-electron chi connectivity index (χ3n) is 12.5. The van der Waals surface area contributed by atoms with E-state index in [2.05, 4.69) is 156 Å². The number of nitrogens with zero attached hydrogens (tertiary/aromatic N) is 3. The molecule has 7 aromatic carbocycles. The summed E-state index contributed by atoms with van der Waals surface area (Å²) < 4.78 is 8.71. The highest BCUT2D eigenvalue weighted by molar-refractivity contribution is 6.16. The predicted molar refractivity (Wildman–Crippen MR) is 231 cm³/mol. The number of rotatable bonds is 2. The third kappa shape index (κ3) is 3.96. The van der Waals surface area contributed by atoms with Gasteiger partial charge < -0.3 is 4.42 Å². The molecule has 0 saturated heterocycles. The molecule has 0 saturated carbocycles. The Bertz CT molecular complexity index is 3480. The Morgan fingerprint density at radius 3 is 1.93 bits per heavy atom. The van der Waals surface area contributed by atoms with E-state index in [0.717, 1.165) is 55.4 Å². The number of fused-ring (bicyclic) bond motifs is 19. The van der Waals surface area contributed by atoms with Crippen LogP contribution in [-0.2, 0) is 5.41 Å². The van der Waals surface area contributed by atoms with Gasteiger partial charge in [0.2, 0.25) is 0 Å². The molecular weight excluding hydrogens is 695 g/mol. The molecule has 0 radical (unpaired) electrons.